The van der Waals surface area contributed by atoms with Crippen LogP contribution in [0.4, 0.5) is 0 Å². The Balaban J connectivity index is 1.73. The molecule has 0 aromatic heterocycles. The Morgan fingerprint density at radius 1 is 0.957 bits per heavy atom. The average molecular weight is 306 g/mol. The van der Waals surface area contributed by atoms with E-state index in [2.05, 4.69) is 68.2 Å². The van der Waals surface area contributed by atoms with E-state index in [-0.39, 0.29) is 0 Å². The highest BCUT2D eigenvalue weighted by molar-refractivity contribution is 5.53. The van der Waals surface area contributed by atoms with Crippen LogP contribution >= 0.6 is 0 Å². The van der Waals surface area contributed by atoms with Crippen molar-refractivity contribution in [2.45, 2.75) is 58.8 Å². The van der Waals surface area contributed by atoms with E-state index in [0.29, 0.717) is 0 Å². The largest absolute Gasteiger partial charge is 0.0730 e. The van der Waals surface area contributed by atoms with Gasteiger partial charge in [0.2, 0.25) is 0 Å². The minimum Gasteiger partial charge on any atom is -0.0730 e. The number of allylic oxidation sites excluding steroid dienone is 3. The molecule has 0 bridgehead atoms. The van der Waals surface area contributed by atoms with Crippen molar-refractivity contribution in [3.05, 3.63) is 53.6 Å². The maximum Gasteiger partial charge on any atom is -0.0109 e. The van der Waals surface area contributed by atoms with Crippen molar-refractivity contribution < 1.29 is 0 Å². The van der Waals surface area contributed by atoms with Gasteiger partial charge >= 0.3 is 0 Å². The number of hydrogen-bond donors (Lipinski definition) is 0. The zero-order valence-corrected chi connectivity index (χ0v) is 14.7. The van der Waals surface area contributed by atoms with Gasteiger partial charge in [0.25, 0.3) is 0 Å². The molecule has 0 saturated heterocycles. The van der Waals surface area contributed by atoms with E-state index in [4.69, 9.17) is 0 Å². The smallest absolute Gasteiger partial charge is 0.0109 e. The van der Waals surface area contributed by atoms with Gasteiger partial charge in [0, 0.05) is 0 Å². The zero-order chi connectivity index (χ0) is 16.3. The first-order valence-corrected chi connectivity index (χ1v) is 9.25. The van der Waals surface area contributed by atoms with E-state index in [0.717, 1.165) is 18.3 Å². The first-order chi connectivity index (χ1) is 11.3. The average Bonchev–Trinajstić information content (AvgIpc) is 2.60. The van der Waals surface area contributed by atoms with Crippen LogP contribution in [0.2, 0.25) is 0 Å². The van der Waals surface area contributed by atoms with Crippen LogP contribution in [0.15, 0.2) is 42.5 Å². The maximum atomic E-state index is 3.14. The molecule has 1 aromatic carbocycles. The Bertz CT molecular complexity index is 554. The summed E-state index contributed by atoms with van der Waals surface area (Å²) in [4.78, 5) is 0. The van der Waals surface area contributed by atoms with Crippen molar-refractivity contribution in [3.63, 3.8) is 0 Å². The number of aryl methyl sites for hydroxylation is 1. The lowest BCUT2D eigenvalue weighted by Gasteiger charge is -2.26. The summed E-state index contributed by atoms with van der Waals surface area (Å²) in [5.74, 6) is 8.00. The van der Waals surface area contributed by atoms with Gasteiger partial charge in [-0.25, -0.2) is 0 Å². The fraction of sp³-hybridized carbons (Fsp3) is 0.478. The second kappa shape index (κ2) is 10.1. The normalized spacial score (nSPS) is 21.5. The van der Waals surface area contributed by atoms with Crippen LogP contribution in [-0.2, 0) is 6.42 Å². The van der Waals surface area contributed by atoms with E-state index in [1.54, 1.807) is 0 Å². The van der Waals surface area contributed by atoms with Gasteiger partial charge in [-0.2, -0.15) is 0 Å². The van der Waals surface area contributed by atoms with Crippen LogP contribution in [0.25, 0.3) is 6.08 Å². The van der Waals surface area contributed by atoms with Gasteiger partial charge < -0.3 is 0 Å². The lowest BCUT2D eigenvalue weighted by Crippen LogP contribution is -2.12. The molecule has 0 radical (unpaired) electrons. The highest BCUT2D eigenvalue weighted by atomic mass is 14.2. The minimum atomic E-state index is 0.753. The minimum absolute atomic E-state index is 0.753. The third-order valence-corrected chi connectivity index (χ3v) is 4.87. The second-order valence-electron chi connectivity index (χ2n) is 6.65. The van der Waals surface area contributed by atoms with Crippen molar-refractivity contribution in [2.75, 3.05) is 0 Å². The fourth-order valence-electron chi connectivity index (χ4n) is 3.36. The van der Waals surface area contributed by atoms with Crippen LogP contribution in [0.5, 0.6) is 0 Å². The van der Waals surface area contributed by atoms with Crippen molar-refractivity contribution in [3.8, 4) is 11.8 Å². The van der Waals surface area contributed by atoms with Gasteiger partial charge in [0.15, 0.2) is 0 Å². The van der Waals surface area contributed by atoms with Crippen molar-refractivity contribution >= 4 is 6.08 Å². The van der Waals surface area contributed by atoms with Crippen molar-refractivity contribution in [2.24, 2.45) is 11.8 Å². The summed E-state index contributed by atoms with van der Waals surface area (Å²) < 4.78 is 0. The summed E-state index contributed by atoms with van der Waals surface area (Å²) in [7, 11) is 0. The topological polar surface area (TPSA) is 0 Å². The van der Waals surface area contributed by atoms with Gasteiger partial charge in [-0.15, -0.1) is 0 Å². The number of rotatable bonds is 5. The molecule has 2 rings (SSSR count). The summed E-state index contributed by atoms with van der Waals surface area (Å²) >= 11 is 0. The molecule has 0 nitrogen and oxygen atoms in total. The molecule has 0 heterocycles. The monoisotopic (exact) mass is 306 g/mol. The molecule has 0 amide bonds. The standard InChI is InChI=1S/C23H30/c1-3-9-21-16-18-23(19-17-21)11-8-6-5-7-10-22-14-12-20(4-2)13-15-22/h7-8,10-15,21,23H,3-4,9,16-19H2,1-2H3/t21-,23-. The molecule has 1 aliphatic carbocycles. The molecule has 0 heteroatoms. The van der Waals surface area contributed by atoms with Crippen molar-refractivity contribution in [1.82, 2.24) is 0 Å². The van der Waals surface area contributed by atoms with Gasteiger partial charge in [0.1, 0.15) is 0 Å². The summed E-state index contributed by atoms with van der Waals surface area (Å²) in [5.41, 5.74) is 2.60. The Morgan fingerprint density at radius 2 is 1.65 bits per heavy atom. The summed E-state index contributed by atoms with van der Waals surface area (Å²) in [5, 5.41) is 0. The van der Waals surface area contributed by atoms with Gasteiger partial charge in [-0.1, -0.05) is 68.9 Å². The van der Waals surface area contributed by atoms with Crippen LogP contribution in [0.3, 0.4) is 0 Å². The molecule has 0 atom stereocenters. The molecule has 0 N–H and O–H groups in total. The Labute approximate surface area is 142 Å². The third-order valence-electron chi connectivity index (χ3n) is 4.87. The lowest BCUT2D eigenvalue weighted by molar-refractivity contribution is 0.294. The van der Waals surface area contributed by atoms with Crippen molar-refractivity contribution in [1.29, 1.82) is 0 Å². The van der Waals surface area contributed by atoms with E-state index in [1.165, 1.54) is 49.7 Å². The number of benzene rings is 1. The summed E-state index contributed by atoms with van der Waals surface area (Å²) in [6.07, 6.45) is 17.8. The Hall–Kier alpha value is -1.74. The van der Waals surface area contributed by atoms with E-state index in [9.17, 15) is 0 Å². The molecule has 122 valence electrons. The predicted molar refractivity (Wildman–Crippen MR) is 102 cm³/mol. The molecular weight excluding hydrogens is 276 g/mol. The van der Waals surface area contributed by atoms with Gasteiger partial charge in [-0.3, -0.25) is 0 Å². The quantitative estimate of drug-likeness (QED) is 0.550. The van der Waals surface area contributed by atoms with Crippen LogP contribution < -0.4 is 0 Å². The zero-order valence-electron chi connectivity index (χ0n) is 14.7. The molecule has 1 fully saturated rings. The molecule has 0 spiro atoms. The first-order valence-electron chi connectivity index (χ1n) is 9.25. The first kappa shape index (κ1) is 17.6. The van der Waals surface area contributed by atoms with Crippen LogP contribution in [0.1, 0.15) is 63.5 Å². The number of hydrogen-bond acceptors (Lipinski definition) is 0. The Morgan fingerprint density at radius 3 is 2.30 bits per heavy atom. The SMILES string of the molecule is CCC[C@H]1CC[C@H](C=CC#CC=Cc2ccc(CC)cc2)CC1. The predicted octanol–water partition coefficient (Wildman–Crippen LogP) is 6.43. The maximum absolute atomic E-state index is 3.14. The Kier molecular flexibility index (Phi) is 7.74. The molecule has 0 aliphatic heterocycles. The molecule has 23 heavy (non-hydrogen) atoms. The van der Waals surface area contributed by atoms with Gasteiger partial charge in [0.05, 0.1) is 0 Å². The fourth-order valence-corrected chi connectivity index (χ4v) is 3.36. The molecule has 0 unspecified atom stereocenters. The van der Waals surface area contributed by atoms with Crippen LogP contribution in [-0.4, -0.2) is 0 Å². The van der Waals surface area contributed by atoms with E-state index < -0.39 is 0 Å². The molecular formula is C23H30. The second-order valence-corrected chi connectivity index (χ2v) is 6.65. The van der Waals surface area contributed by atoms with E-state index in [1.807, 2.05) is 6.08 Å². The highest BCUT2D eigenvalue weighted by Gasteiger charge is 2.18. The summed E-state index contributed by atoms with van der Waals surface area (Å²) in [6, 6.07) is 8.67. The van der Waals surface area contributed by atoms with Crippen LogP contribution in [0, 0.1) is 23.7 Å². The summed E-state index contributed by atoms with van der Waals surface area (Å²) in [6.45, 7) is 4.48. The lowest BCUT2D eigenvalue weighted by atomic mass is 9.80. The highest BCUT2D eigenvalue weighted by Crippen LogP contribution is 2.31. The van der Waals surface area contributed by atoms with E-state index >= 15 is 0 Å². The molecule has 1 aliphatic rings. The third kappa shape index (κ3) is 6.49. The molecule has 1 aromatic rings. The molecule has 1 saturated carbocycles. The van der Waals surface area contributed by atoms with Gasteiger partial charge in [-0.05, 0) is 73.3 Å².